The number of nitrogens with one attached hydrogen (secondary N) is 1. The number of para-hydroxylation sites is 1. The SMILES string of the molecule is CC1CCC(NCc2nnnn2-c2ccccc2)C1C. The van der Waals surface area contributed by atoms with Gasteiger partial charge in [0.05, 0.1) is 12.2 Å². The Kier molecular flexibility index (Phi) is 3.78. The van der Waals surface area contributed by atoms with E-state index >= 15 is 0 Å². The third-order valence-corrected chi connectivity index (χ3v) is 4.52. The van der Waals surface area contributed by atoms with Gasteiger partial charge < -0.3 is 5.32 Å². The fourth-order valence-electron chi connectivity index (χ4n) is 2.96. The molecule has 0 radical (unpaired) electrons. The third-order valence-electron chi connectivity index (χ3n) is 4.52. The summed E-state index contributed by atoms with van der Waals surface area (Å²) in [6.45, 7) is 5.37. The number of nitrogens with zero attached hydrogens (tertiary/aromatic N) is 4. The number of hydrogen-bond donors (Lipinski definition) is 1. The quantitative estimate of drug-likeness (QED) is 0.926. The fourth-order valence-corrected chi connectivity index (χ4v) is 2.96. The maximum absolute atomic E-state index is 4.14. The lowest BCUT2D eigenvalue weighted by Crippen LogP contribution is -2.32. The Hall–Kier alpha value is -1.75. The Balaban J connectivity index is 1.69. The lowest BCUT2D eigenvalue weighted by Gasteiger charge is -2.19. The molecule has 2 aromatic rings. The number of benzene rings is 1. The van der Waals surface area contributed by atoms with E-state index in [1.54, 1.807) is 4.68 Å². The average molecular weight is 271 g/mol. The van der Waals surface area contributed by atoms with Gasteiger partial charge in [0.25, 0.3) is 0 Å². The van der Waals surface area contributed by atoms with E-state index < -0.39 is 0 Å². The molecule has 1 saturated carbocycles. The van der Waals surface area contributed by atoms with Gasteiger partial charge in [0.1, 0.15) is 0 Å². The third kappa shape index (κ3) is 2.58. The molecule has 0 aliphatic heterocycles. The minimum absolute atomic E-state index is 0.575. The first-order valence-electron chi connectivity index (χ1n) is 7.32. The van der Waals surface area contributed by atoms with Crippen molar-refractivity contribution in [2.24, 2.45) is 11.8 Å². The van der Waals surface area contributed by atoms with Gasteiger partial charge in [0.2, 0.25) is 0 Å². The normalized spacial score (nSPS) is 26.0. The van der Waals surface area contributed by atoms with Gasteiger partial charge in [-0.15, -0.1) is 5.10 Å². The van der Waals surface area contributed by atoms with Gasteiger partial charge in [-0.05, 0) is 47.2 Å². The molecule has 3 unspecified atom stereocenters. The molecule has 3 rings (SSSR count). The Morgan fingerprint density at radius 3 is 2.70 bits per heavy atom. The maximum Gasteiger partial charge on any atom is 0.170 e. The zero-order valence-corrected chi connectivity index (χ0v) is 12.0. The van der Waals surface area contributed by atoms with E-state index in [0.717, 1.165) is 23.3 Å². The summed E-state index contributed by atoms with van der Waals surface area (Å²) in [6.07, 6.45) is 2.55. The zero-order chi connectivity index (χ0) is 13.9. The van der Waals surface area contributed by atoms with Crippen LogP contribution in [0.15, 0.2) is 30.3 Å². The van der Waals surface area contributed by atoms with Crippen molar-refractivity contribution in [2.45, 2.75) is 39.3 Å². The van der Waals surface area contributed by atoms with Crippen LogP contribution in [-0.2, 0) is 6.54 Å². The highest BCUT2D eigenvalue weighted by molar-refractivity contribution is 5.30. The van der Waals surface area contributed by atoms with Crippen molar-refractivity contribution in [2.75, 3.05) is 0 Å². The number of hydrogen-bond acceptors (Lipinski definition) is 4. The molecule has 3 atom stereocenters. The van der Waals surface area contributed by atoms with E-state index in [1.807, 2.05) is 30.3 Å². The van der Waals surface area contributed by atoms with Gasteiger partial charge in [-0.25, -0.2) is 0 Å². The van der Waals surface area contributed by atoms with Crippen molar-refractivity contribution in [3.8, 4) is 5.69 Å². The molecule has 1 heterocycles. The van der Waals surface area contributed by atoms with E-state index in [2.05, 4.69) is 34.7 Å². The molecule has 0 bridgehead atoms. The first-order valence-corrected chi connectivity index (χ1v) is 7.32. The Morgan fingerprint density at radius 1 is 1.20 bits per heavy atom. The van der Waals surface area contributed by atoms with Crippen LogP contribution in [0.1, 0.15) is 32.5 Å². The number of aromatic nitrogens is 4. The number of rotatable bonds is 4. The van der Waals surface area contributed by atoms with Crippen LogP contribution in [0.2, 0.25) is 0 Å². The van der Waals surface area contributed by atoms with Crippen LogP contribution >= 0.6 is 0 Å². The standard InChI is InChI=1S/C15H21N5/c1-11-8-9-14(12(11)2)16-10-15-17-18-19-20(15)13-6-4-3-5-7-13/h3-7,11-12,14,16H,8-10H2,1-2H3. The molecule has 0 spiro atoms. The lowest BCUT2D eigenvalue weighted by molar-refractivity contribution is 0.366. The minimum Gasteiger partial charge on any atom is -0.307 e. The molecule has 1 aliphatic carbocycles. The molecule has 1 N–H and O–H groups in total. The largest absolute Gasteiger partial charge is 0.307 e. The predicted molar refractivity (Wildman–Crippen MR) is 77.3 cm³/mol. The smallest absolute Gasteiger partial charge is 0.170 e. The summed E-state index contributed by atoms with van der Waals surface area (Å²) in [6, 6.07) is 10.6. The van der Waals surface area contributed by atoms with E-state index in [9.17, 15) is 0 Å². The number of tetrazole rings is 1. The van der Waals surface area contributed by atoms with Gasteiger partial charge in [-0.1, -0.05) is 32.0 Å². The van der Waals surface area contributed by atoms with E-state index in [1.165, 1.54) is 12.8 Å². The second-order valence-corrected chi connectivity index (χ2v) is 5.74. The van der Waals surface area contributed by atoms with Crippen molar-refractivity contribution in [1.29, 1.82) is 0 Å². The Bertz CT molecular complexity index is 550. The molecule has 1 fully saturated rings. The Labute approximate surface area is 119 Å². The average Bonchev–Trinajstić information content (AvgIpc) is 3.07. The molecule has 1 aromatic heterocycles. The van der Waals surface area contributed by atoms with Crippen LogP contribution in [-0.4, -0.2) is 26.2 Å². The molecular weight excluding hydrogens is 250 g/mol. The molecular formula is C15H21N5. The second-order valence-electron chi connectivity index (χ2n) is 5.74. The van der Waals surface area contributed by atoms with Crippen molar-refractivity contribution in [1.82, 2.24) is 25.5 Å². The monoisotopic (exact) mass is 271 g/mol. The van der Waals surface area contributed by atoms with Crippen LogP contribution in [0.3, 0.4) is 0 Å². The van der Waals surface area contributed by atoms with E-state index in [0.29, 0.717) is 12.6 Å². The summed E-state index contributed by atoms with van der Waals surface area (Å²) in [5.41, 5.74) is 1.00. The van der Waals surface area contributed by atoms with Gasteiger partial charge in [0, 0.05) is 6.04 Å². The summed E-state index contributed by atoms with van der Waals surface area (Å²) in [5, 5.41) is 15.6. The summed E-state index contributed by atoms with van der Waals surface area (Å²) < 4.78 is 1.80. The topological polar surface area (TPSA) is 55.6 Å². The van der Waals surface area contributed by atoms with Gasteiger partial charge in [-0.2, -0.15) is 4.68 Å². The van der Waals surface area contributed by atoms with Crippen LogP contribution in [0.5, 0.6) is 0 Å². The van der Waals surface area contributed by atoms with Gasteiger partial charge in [-0.3, -0.25) is 0 Å². The van der Waals surface area contributed by atoms with Crippen LogP contribution < -0.4 is 5.32 Å². The molecule has 106 valence electrons. The highest BCUT2D eigenvalue weighted by atomic mass is 15.5. The van der Waals surface area contributed by atoms with E-state index in [4.69, 9.17) is 0 Å². The predicted octanol–water partition coefficient (Wildman–Crippen LogP) is 2.19. The minimum atomic E-state index is 0.575. The molecule has 0 amide bonds. The molecule has 1 aromatic carbocycles. The Morgan fingerprint density at radius 2 is 2.00 bits per heavy atom. The van der Waals surface area contributed by atoms with E-state index in [-0.39, 0.29) is 0 Å². The molecule has 5 nitrogen and oxygen atoms in total. The van der Waals surface area contributed by atoms with Gasteiger partial charge >= 0.3 is 0 Å². The highest BCUT2D eigenvalue weighted by Gasteiger charge is 2.29. The molecule has 5 heteroatoms. The molecule has 1 aliphatic rings. The zero-order valence-electron chi connectivity index (χ0n) is 12.0. The second kappa shape index (κ2) is 5.71. The fraction of sp³-hybridized carbons (Fsp3) is 0.533. The summed E-state index contributed by atoms with van der Waals surface area (Å²) in [5.74, 6) is 2.39. The lowest BCUT2D eigenvalue weighted by atomic mass is 9.98. The van der Waals surface area contributed by atoms with Crippen molar-refractivity contribution in [3.63, 3.8) is 0 Å². The van der Waals surface area contributed by atoms with Crippen molar-refractivity contribution >= 4 is 0 Å². The van der Waals surface area contributed by atoms with Crippen LogP contribution in [0.25, 0.3) is 5.69 Å². The van der Waals surface area contributed by atoms with Crippen molar-refractivity contribution < 1.29 is 0 Å². The molecule has 0 saturated heterocycles. The highest BCUT2D eigenvalue weighted by Crippen LogP contribution is 2.31. The van der Waals surface area contributed by atoms with Crippen LogP contribution in [0, 0.1) is 11.8 Å². The van der Waals surface area contributed by atoms with Crippen molar-refractivity contribution in [3.05, 3.63) is 36.2 Å². The summed E-state index contributed by atoms with van der Waals surface area (Å²) in [7, 11) is 0. The summed E-state index contributed by atoms with van der Waals surface area (Å²) >= 11 is 0. The first kappa shape index (κ1) is 13.2. The van der Waals surface area contributed by atoms with Gasteiger partial charge in [0.15, 0.2) is 5.82 Å². The maximum atomic E-state index is 4.14. The first-order chi connectivity index (χ1) is 9.75. The molecule has 20 heavy (non-hydrogen) atoms. The summed E-state index contributed by atoms with van der Waals surface area (Å²) in [4.78, 5) is 0. The van der Waals surface area contributed by atoms with Crippen LogP contribution in [0.4, 0.5) is 0 Å².